The normalized spacial score (nSPS) is 35.4. The van der Waals surface area contributed by atoms with Crippen molar-refractivity contribution in [3.63, 3.8) is 0 Å². The summed E-state index contributed by atoms with van der Waals surface area (Å²) in [6, 6.07) is 4.49. The van der Waals surface area contributed by atoms with Crippen LogP contribution in [0.25, 0.3) is 11.3 Å². The smallest absolute Gasteiger partial charge is 0.329 e. The van der Waals surface area contributed by atoms with Gasteiger partial charge in [0.25, 0.3) is 11.7 Å². The number of aliphatic hydroxyl groups is 2. The fourth-order valence-electron chi connectivity index (χ4n) is 12.4. The molecular formula is C59H87N3O15. The summed E-state index contributed by atoms with van der Waals surface area (Å²) in [5.74, 6) is -5.69. The van der Waals surface area contributed by atoms with Gasteiger partial charge in [0.15, 0.2) is 0 Å². The van der Waals surface area contributed by atoms with Crippen LogP contribution in [0.5, 0.6) is 11.5 Å². The fraction of sp³-hybridized carbons (Fsp3) is 0.712. The Kier molecular flexibility index (Phi) is 21.1. The predicted octanol–water partition coefficient (Wildman–Crippen LogP) is 7.89. The Morgan fingerprint density at radius 1 is 0.857 bits per heavy atom. The van der Waals surface area contributed by atoms with Gasteiger partial charge in [0.1, 0.15) is 54.2 Å². The maximum atomic E-state index is 14.7. The van der Waals surface area contributed by atoms with Gasteiger partial charge in [-0.2, -0.15) is 0 Å². The lowest BCUT2D eigenvalue weighted by molar-refractivity contribution is -0.302. The first-order valence-electron chi connectivity index (χ1n) is 28.0. The largest absolute Gasteiger partial charge is 0.497 e. The number of ether oxygens (including phenoxy) is 9. The maximum Gasteiger partial charge on any atom is 0.329 e. The monoisotopic (exact) mass is 1080 g/mol. The van der Waals surface area contributed by atoms with E-state index in [1.54, 1.807) is 35.2 Å². The molecule has 2 aromatic rings. The van der Waals surface area contributed by atoms with Crippen LogP contribution in [0.2, 0.25) is 0 Å². The number of carbonyl (C=O) groups excluding carboxylic acids is 4. The highest BCUT2D eigenvalue weighted by Gasteiger charge is 2.57. The Morgan fingerprint density at radius 2 is 1.56 bits per heavy atom. The minimum absolute atomic E-state index is 0.0152. The number of hydrogen-bond acceptors (Lipinski definition) is 16. The number of aliphatic hydroxyl groups excluding tert-OH is 1. The van der Waals surface area contributed by atoms with Gasteiger partial charge in [-0.15, -0.1) is 0 Å². The molecule has 3 saturated heterocycles. The number of cyclic esters (lactones) is 1. The van der Waals surface area contributed by atoms with Crippen molar-refractivity contribution in [2.24, 2.45) is 29.6 Å². The second-order valence-corrected chi connectivity index (χ2v) is 22.5. The first-order chi connectivity index (χ1) is 36.9. The molecule has 1 aromatic heterocycles. The summed E-state index contributed by atoms with van der Waals surface area (Å²) in [5, 5.41) is 24.2. The van der Waals surface area contributed by atoms with E-state index in [0.717, 1.165) is 35.5 Å². The number of Topliss-reactive ketones (excluding diaryl/α,β-unsaturated/α-hetero) is 2. The first kappa shape index (κ1) is 60.1. The van der Waals surface area contributed by atoms with Crippen molar-refractivity contribution in [1.82, 2.24) is 14.5 Å². The topological polar surface area (TPSA) is 213 Å². The number of piperidine rings is 1. The van der Waals surface area contributed by atoms with Crippen molar-refractivity contribution in [1.29, 1.82) is 0 Å². The van der Waals surface area contributed by atoms with Gasteiger partial charge in [-0.25, -0.2) is 9.78 Å². The molecule has 4 aliphatic heterocycles. The van der Waals surface area contributed by atoms with Crippen molar-refractivity contribution in [2.75, 3.05) is 48.7 Å². The highest BCUT2D eigenvalue weighted by molar-refractivity contribution is 6.39. The number of ketones is 2. The summed E-state index contributed by atoms with van der Waals surface area (Å²) in [5.41, 5.74) is 3.23. The molecule has 2 bridgehead atoms. The van der Waals surface area contributed by atoms with E-state index in [2.05, 4.69) is 17.6 Å². The van der Waals surface area contributed by atoms with Gasteiger partial charge in [-0.05, 0) is 120 Å². The average molecular weight is 1080 g/mol. The number of carbonyl (C=O) groups is 4. The number of benzene rings is 1. The van der Waals surface area contributed by atoms with E-state index in [0.29, 0.717) is 75.0 Å². The second kappa shape index (κ2) is 27.1. The van der Waals surface area contributed by atoms with E-state index in [9.17, 15) is 29.4 Å². The van der Waals surface area contributed by atoms with Crippen molar-refractivity contribution in [3.05, 3.63) is 53.5 Å². The lowest BCUT2D eigenvalue weighted by Crippen LogP contribution is -2.64. The number of fused-ring (bicyclic) bond motifs is 3. The molecule has 4 fully saturated rings. The zero-order chi connectivity index (χ0) is 55.7. The number of rotatable bonds is 13. The van der Waals surface area contributed by atoms with E-state index in [-0.39, 0.29) is 68.5 Å². The van der Waals surface area contributed by atoms with Gasteiger partial charge in [0, 0.05) is 76.5 Å². The van der Waals surface area contributed by atoms with E-state index >= 15 is 0 Å². The summed E-state index contributed by atoms with van der Waals surface area (Å²) in [6.45, 7) is 12.2. The Balaban J connectivity index is 1.14. The molecule has 5 aliphatic rings. The Labute approximate surface area is 455 Å². The third-order valence-electron chi connectivity index (χ3n) is 17.0. The lowest BCUT2D eigenvalue weighted by atomic mass is 9.81. The van der Waals surface area contributed by atoms with Crippen molar-refractivity contribution < 1.29 is 72.0 Å². The van der Waals surface area contributed by atoms with Crippen LogP contribution in [-0.2, 0) is 58.9 Å². The van der Waals surface area contributed by atoms with Crippen LogP contribution in [0, 0.1) is 29.6 Å². The number of nitrogens with zero attached hydrogens (tertiary/aromatic N) is 3. The Morgan fingerprint density at radius 3 is 2.21 bits per heavy atom. The Bertz CT molecular complexity index is 2380. The van der Waals surface area contributed by atoms with Gasteiger partial charge in [0.05, 0.1) is 50.4 Å². The van der Waals surface area contributed by atoms with Crippen LogP contribution in [0.3, 0.4) is 0 Å². The fourth-order valence-corrected chi connectivity index (χ4v) is 12.4. The summed E-state index contributed by atoms with van der Waals surface area (Å²) >= 11 is 0. The van der Waals surface area contributed by atoms with E-state index in [1.807, 2.05) is 51.2 Å². The zero-order valence-electron chi connectivity index (χ0n) is 47.4. The van der Waals surface area contributed by atoms with Crippen molar-refractivity contribution in [2.45, 2.75) is 192 Å². The molecule has 18 heteroatoms. The molecule has 77 heavy (non-hydrogen) atoms. The minimum atomic E-state index is -2.53. The van der Waals surface area contributed by atoms with Crippen molar-refractivity contribution >= 4 is 23.4 Å². The summed E-state index contributed by atoms with van der Waals surface area (Å²) in [7, 11) is 7.97. The van der Waals surface area contributed by atoms with Gasteiger partial charge in [0.2, 0.25) is 5.79 Å². The van der Waals surface area contributed by atoms with Gasteiger partial charge >= 0.3 is 5.97 Å². The number of allylic oxidation sites excluding steroid dienone is 3. The predicted molar refractivity (Wildman–Crippen MR) is 286 cm³/mol. The summed E-state index contributed by atoms with van der Waals surface area (Å²) in [4.78, 5) is 64.0. The highest BCUT2D eigenvalue weighted by Crippen LogP contribution is 2.40. The minimum Gasteiger partial charge on any atom is -0.497 e. The third kappa shape index (κ3) is 14.1. The number of aromatic nitrogens is 2. The van der Waals surface area contributed by atoms with Gasteiger partial charge < -0.3 is 62.3 Å². The van der Waals surface area contributed by atoms with E-state index < -0.39 is 77.8 Å². The molecule has 2 N–H and O–H groups in total. The SMILES string of the molecule is CC[C@@H]1/C=C(\C)C[C@H](C)C[C@H](OC)[C@H]2O[C@@](O)(C(=O)C(=O)N3CCCC[C@H]3C(=O)O[C@H](/C(C)=C/C3CC[C@@H](OCc4nc(-c5cc(OC)cc(OC)c5)cn4C4CCCO4)[C@H](OC)C3)[C@H](C)[C@@H](O)CC1=O)[C@H](C)C[C@@H]2OC. The second-order valence-electron chi connectivity index (χ2n) is 22.5. The standard InChI is InChI=1S/C59H87N3O15/c1-12-40-23-34(2)22-35(3)24-50(72-10)55-51(73-11)26-37(5)59(68,77-55)56(65)57(66)61-20-14-13-16-45(61)58(67)76-54(38(6)46(63)31-47(40)64)36(4)25-39-18-19-48(49(27-39)71-9)75-33-52-60-44(32-62(52)53-17-15-21-74-53)41-28-42(69-7)30-43(29-41)70-8/h23,25,28-30,32,35,37-40,45-46,48-51,53-55,63,68H,12-22,24,26-27,31,33H2,1-11H3/b34-23+,36-25+/t35-,37+,38+,39?,40+,45-,46-,48+,49+,50-,51-,53?,54+,55+,59+/m0/s1. The molecule has 18 nitrogen and oxygen atoms in total. The molecule has 428 valence electrons. The molecule has 0 radical (unpaired) electrons. The molecule has 15 atom stereocenters. The molecule has 0 spiro atoms. The molecule has 1 amide bonds. The van der Waals surface area contributed by atoms with Gasteiger partial charge in [-0.1, -0.05) is 45.4 Å². The quantitative estimate of drug-likeness (QED) is 0.111. The summed E-state index contributed by atoms with van der Waals surface area (Å²) < 4.78 is 56.6. The van der Waals surface area contributed by atoms with Crippen LogP contribution >= 0.6 is 0 Å². The number of imidazole rings is 1. The molecule has 5 heterocycles. The zero-order valence-corrected chi connectivity index (χ0v) is 47.4. The molecule has 1 saturated carbocycles. The number of hydrogen-bond donors (Lipinski definition) is 2. The van der Waals surface area contributed by atoms with Crippen molar-refractivity contribution in [3.8, 4) is 22.8 Å². The van der Waals surface area contributed by atoms with Crippen LogP contribution < -0.4 is 9.47 Å². The van der Waals surface area contributed by atoms with Gasteiger partial charge in [-0.3, -0.25) is 14.4 Å². The van der Waals surface area contributed by atoms with Crippen LogP contribution in [0.15, 0.2) is 47.7 Å². The third-order valence-corrected chi connectivity index (χ3v) is 17.0. The molecule has 1 aliphatic carbocycles. The van der Waals surface area contributed by atoms with Crippen LogP contribution in [0.4, 0.5) is 0 Å². The van der Waals surface area contributed by atoms with Crippen LogP contribution in [0.1, 0.15) is 137 Å². The van der Waals surface area contributed by atoms with E-state index in [4.69, 9.17) is 47.6 Å². The molecule has 2 unspecified atom stereocenters. The Hall–Kier alpha value is -4.53. The number of amides is 1. The van der Waals surface area contributed by atoms with E-state index in [1.165, 1.54) is 19.1 Å². The molecule has 7 rings (SSSR count). The molecular weight excluding hydrogens is 991 g/mol. The lowest BCUT2D eigenvalue weighted by Gasteiger charge is -2.47. The highest BCUT2D eigenvalue weighted by atomic mass is 16.7. The molecule has 1 aromatic carbocycles. The maximum absolute atomic E-state index is 14.7. The average Bonchev–Trinajstić information content (AvgIpc) is 4.13. The number of methoxy groups -OCH3 is 5. The number of esters is 1. The van der Waals surface area contributed by atoms with Crippen LogP contribution in [-0.4, -0.2) is 151 Å². The first-order valence-corrected chi connectivity index (χ1v) is 28.0. The summed E-state index contributed by atoms with van der Waals surface area (Å²) in [6.07, 6.45) is 7.66.